The molecule has 0 amide bonds. The van der Waals surface area contributed by atoms with Crippen LogP contribution >= 0.6 is 0 Å². The number of morpholine rings is 1. The van der Waals surface area contributed by atoms with Gasteiger partial charge in [-0.1, -0.05) is 0 Å². The molecule has 3 heterocycles. The van der Waals surface area contributed by atoms with Gasteiger partial charge in [-0.25, -0.2) is 4.39 Å². The Labute approximate surface area is 146 Å². The molecule has 1 fully saturated rings. The van der Waals surface area contributed by atoms with Crippen LogP contribution in [0.5, 0.6) is 0 Å². The first-order valence-corrected chi connectivity index (χ1v) is 8.51. The Morgan fingerprint density at radius 1 is 1.28 bits per heavy atom. The molecule has 4 rings (SSSR count). The standard InChI is InChI=1S/C19H21FN4O/c1-13-9-21-24(10-13)12-16-11-23(5-6-25-16)19-7-14(2)22-18-4-3-15(20)8-17(18)19/h3-4,7-10,16H,5-6,11-12H2,1-2H3. The first-order chi connectivity index (χ1) is 12.1. The maximum Gasteiger partial charge on any atom is 0.124 e. The molecule has 6 heteroatoms. The lowest BCUT2D eigenvalue weighted by atomic mass is 10.1. The van der Waals surface area contributed by atoms with Crippen LogP contribution in [0, 0.1) is 19.7 Å². The summed E-state index contributed by atoms with van der Waals surface area (Å²) in [5.74, 6) is -0.240. The number of nitrogens with zero attached hydrogens (tertiary/aromatic N) is 4. The summed E-state index contributed by atoms with van der Waals surface area (Å²) in [6.45, 7) is 6.87. The second-order valence-corrected chi connectivity index (χ2v) is 6.62. The van der Waals surface area contributed by atoms with Gasteiger partial charge in [0.05, 0.1) is 31.0 Å². The molecule has 0 spiro atoms. The average molecular weight is 340 g/mol. The van der Waals surface area contributed by atoms with Gasteiger partial charge in [-0.15, -0.1) is 0 Å². The van der Waals surface area contributed by atoms with E-state index in [9.17, 15) is 4.39 Å². The van der Waals surface area contributed by atoms with Crippen molar-refractivity contribution in [2.45, 2.75) is 26.5 Å². The Morgan fingerprint density at radius 2 is 2.16 bits per heavy atom. The fraction of sp³-hybridized carbons (Fsp3) is 0.368. The highest BCUT2D eigenvalue weighted by atomic mass is 19.1. The van der Waals surface area contributed by atoms with Crippen LogP contribution in [0.3, 0.4) is 0 Å². The van der Waals surface area contributed by atoms with E-state index in [1.54, 1.807) is 12.1 Å². The molecule has 1 aliphatic rings. The van der Waals surface area contributed by atoms with Crippen molar-refractivity contribution >= 4 is 16.6 Å². The highest BCUT2D eigenvalue weighted by molar-refractivity contribution is 5.92. The van der Waals surface area contributed by atoms with Gasteiger partial charge in [0.25, 0.3) is 0 Å². The number of fused-ring (bicyclic) bond motifs is 1. The normalized spacial score (nSPS) is 18.0. The van der Waals surface area contributed by atoms with E-state index in [0.717, 1.165) is 40.9 Å². The van der Waals surface area contributed by atoms with Gasteiger partial charge >= 0.3 is 0 Å². The first kappa shape index (κ1) is 16.0. The zero-order valence-corrected chi connectivity index (χ0v) is 14.4. The quantitative estimate of drug-likeness (QED) is 0.735. The maximum atomic E-state index is 13.8. The van der Waals surface area contributed by atoms with E-state index < -0.39 is 0 Å². The van der Waals surface area contributed by atoms with Gasteiger partial charge in [0.2, 0.25) is 0 Å². The summed E-state index contributed by atoms with van der Waals surface area (Å²) in [5.41, 5.74) is 3.91. The van der Waals surface area contributed by atoms with Crippen molar-refractivity contribution in [3.63, 3.8) is 0 Å². The number of rotatable bonds is 3. The van der Waals surface area contributed by atoms with Crippen molar-refractivity contribution < 1.29 is 9.13 Å². The number of hydrogen-bond donors (Lipinski definition) is 0. The molecule has 1 aliphatic heterocycles. The third kappa shape index (κ3) is 3.35. The Bertz CT molecular complexity index is 908. The molecular formula is C19H21FN4O. The summed E-state index contributed by atoms with van der Waals surface area (Å²) in [6, 6.07) is 6.80. The van der Waals surface area contributed by atoms with E-state index in [-0.39, 0.29) is 11.9 Å². The van der Waals surface area contributed by atoms with Crippen LogP contribution in [0.25, 0.3) is 10.9 Å². The van der Waals surface area contributed by atoms with Gasteiger partial charge in [-0.2, -0.15) is 5.10 Å². The fourth-order valence-corrected chi connectivity index (χ4v) is 3.39. The fourth-order valence-electron chi connectivity index (χ4n) is 3.39. The van der Waals surface area contributed by atoms with Crippen LogP contribution in [0.4, 0.5) is 10.1 Å². The second-order valence-electron chi connectivity index (χ2n) is 6.62. The predicted molar refractivity (Wildman–Crippen MR) is 95.4 cm³/mol. The monoisotopic (exact) mass is 340 g/mol. The molecule has 130 valence electrons. The minimum absolute atomic E-state index is 0.0464. The molecule has 0 saturated carbocycles. The van der Waals surface area contributed by atoms with Crippen molar-refractivity contribution in [3.05, 3.63) is 53.7 Å². The number of aryl methyl sites for hydroxylation is 2. The van der Waals surface area contributed by atoms with Crippen molar-refractivity contribution in [1.29, 1.82) is 0 Å². The summed E-state index contributed by atoms with van der Waals surface area (Å²) in [4.78, 5) is 6.79. The minimum Gasteiger partial charge on any atom is -0.373 e. The van der Waals surface area contributed by atoms with Gasteiger partial charge in [0.1, 0.15) is 5.82 Å². The zero-order valence-electron chi connectivity index (χ0n) is 14.4. The second kappa shape index (κ2) is 6.44. The average Bonchev–Trinajstić information content (AvgIpc) is 2.99. The minimum atomic E-state index is -0.240. The molecular weight excluding hydrogens is 319 g/mol. The van der Waals surface area contributed by atoms with E-state index >= 15 is 0 Å². The molecule has 2 aromatic heterocycles. The largest absolute Gasteiger partial charge is 0.373 e. The third-order valence-corrected chi connectivity index (χ3v) is 4.51. The summed E-state index contributed by atoms with van der Waals surface area (Å²) in [5, 5.41) is 5.19. The summed E-state index contributed by atoms with van der Waals surface area (Å²) in [6.07, 6.45) is 3.91. The number of anilines is 1. The van der Waals surface area contributed by atoms with Crippen molar-refractivity contribution in [3.8, 4) is 0 Å². The van der Waals surface area contributed by atoms with E-state index in [1.165, 1.54) is 6.07 Å². The SMILES string of the molecule is Cc1cnn(CC2CN(c3cc(C)nc4ccc(F)cc34)CCO2)c1. The van der Waals surface area contributed by atoms with Crippen molar-refractivity contribution in [1.82, 2.24) is 14.8 Å². The van der Waals surface area contributed by atoms with E-state index in [1.807, 2.05) is 37.0 Å². The number of benzene rings is 1. The van der Waals surface area contributed by atoms with Crippen molar-refractivity contribution in [2.24, 2.45) is 0 Å². The van der Waals surface area contributed by atoms with Gasteiger partial charge in [0.15, 0.2) is 0 Å². The number of halogens is 1. The maximum absolute atomic E-state index is 13.8. The molecule has 1 atom stereocenters. The Balaban J connectivity index is 1.62. The number of ether oxygens (including phenoxy) is 1. The van der Waals surface area contributed by atoms with Crippen LogP contribution in [0.1, 0.15) is 11.3 Å². The first-order valence-electron chi connectivity index (χ1n) is 8.51. The number of hydrogen-bond acceptors (Lipinski definition) is 4. The Morgan fingerprint density at radius 3 is 2.96 bits per heavy atom. The Hall–Kier alpha value is -2.47. The Kier molecular flexibility index (Phi) is 4.13. The highest BCUT2D eigenvalue weighted by Crippen LogP contribution is 2.29. The molecule has 25 heavy (non-hydrogen) atoms. The van der Waals surface area contributed by atoms with Crippen LogP contribution < -0.4 is 4.90 Å². The van der Waals surface area contributed by atoms with Crippen molar-refractivity contribution in [2.75, 3.05) is 24.6 Å². The topological polar surface area (TPSA) is 43.2 Å². The molecule has 0 aliphatic carbocycles. The van der Waals surface area contributed by atoms with E-state index in [4.69, 9.17) is 4.74 Å². The molecule has 1 unspecified atom stereocenters. The number of aromatic nitrogens is 3. The molecule has 0 bridgehead atoms. The van der Waals surface area contributed by atoms with Crippen LogP contribution in [0.15, 0.2) is 36.7 Å². The lowest BCUT2D eigenvalue weighted by Crippen LogP contribution is -2.44. The zero-order chi connectivity index (χ0) is 17.4. The highest BCUT2D eigenvalue weighted by Gasteiger charge is 2.23. The molecule has 5 nitrogen and oxygen atoms in total. The molecule has 1 aromatic carbocycles. The van der Waals surface area contributed by atoms with E-state index in [0.29, 0.717) is 13.2 Å². The third-order valence-electron chi connectivity index (χ3n) is 4.51. The van der Waals surface area contributed by atoms with Gasteiger partial charge in [-0.05, 0) is 43.7 Å². The van der Waals surface area contributed by atoms with Crippen LogP contribution in [0.2, 0.25) is 0 Å². The van der Waals surface area contributed by atoms with Gasteiger partial charge in [-0.3, -0.25) is 9.67 Å². The van der Waals surface area contributed by atoms with E-state index in [2.05, 4.69) is 15.0 Å². The molecule has 3 aromatic rings. The van der Waals surface area contributed by atoms with Crippen LogP contribution in [-0.2, 0) is 11.3 Å². The summed E-state index contributed by atoms with van der Waals surface area (Å²) < 4.78 is 21.6. The smallest absolute Gasteiger partial charge is 0.124 e. The molecule has 0 N–H and O–H groups in total. The van der Waals surface area contributed by atoms with Gasteiger partial charge in [0, 0.05) is 36.1 Å². The summed E-state index contributed by atoms with van der Waals surface area (Å²) in [7, 11) is 0. The number of pyridine rings is 1. The predicted octanol–water partition coefficient (Wildman–Crippen LogP) is 3.09. The lowest BCUT2D eigenvalue weighted by molar-refractivity contribution is 0.0275. The molecule has 0 radical (unpaired) electrons. The summed E-state index contributed by atoms with van der Waals surface area (Å²) >= 11 is 0. The van der Waals surface area contributed by atoms with Crippen LogP contribution in [-0.4, -0.2) is 40.6 Å². The van der Waals surface area contributed by atoms with Gasteiger partial charge < -0.3 is 9.64 Å². The molecule has 1 saturated heterocycles. The lowest BCUT2D eigenvalue weighted by Gasteiger charge is -2.35.